The number of carboxylic acids is 1. The monoisotopic (exact) mass is 301 g/mol. The fourth-order valence-corrected chi connectivity index (χ4v) is 4.16. The molecule has 0 radical (unpaired) electrons. The van der Waals surface area contributed by atoms with Crippen LogP contribution in [0.5, 0.6) is 0 Å². The molecule has 0 saturated heterocycles. The van der Waals surface area contributed by atoms with Crippen LogP contribution >= 0.6 is 11.3 Å². The van der Waals surface area contributed by atoms with Gasteiger partial charge in [-0.3, -0.25) is 0 Å². The summed E-state index contributed by atoms with van der Waals surface area (Å²) in [4.78, 5) is 17.3. The second kappa shape index (κ2) is 5.11. The van der Waals surface area contributed by atoms with Crippen molar-refractivity contribution in [2.75, 3.05) is 0 Å². The van der Waals surface area contributed by atoms with Gasteiger partial charge in [0.2, 0.25) is 10.0 Å². The van der Waals surface area contributed by atoms with Crippen molar-refractivity contribution in [2.24, 2.45) is 0 Å². The summed E-state index contributed by atoms with van der Waals surface area (Å²) in [6, 6.07) is 0. The Labute approximate surface area is 113 Å². The number of imidazole rings is 1. The molecule has 0 aromatic carbocycles. The highest BCUT2D eigenvalue weighted by molar-refractivity contribution is 7.89. The van der Waals surface area contributed by atoms with Gasteiger partial charge in [0, 0.05) is 12.4 Å². The summed E-state index contributed by atoms with van der Waals surface area (Å²) < 4.78 is 26.6. The highest BCUT2D eigenvalue weighted by Crippen LogP contribution is 2.26. The second-order valence-corrected chi connectivity index (χ2v) is 6.33. The van der Waals surface area contributed by atoms with Gasteiger partial charge in [-0.05, 0) is 17.9 Å². The predicted octanol–water partition coefficient (Wildman–Crippen LogP) is 0.956. The number of thiophene rings is 1. The third kappa shape index (κ3) is 2.83. The largest absolute Gasteiger partial charge is 0.477 e. The van der Waals surface area contributed by atoms with E-state index in [-0.39, 0.29) is 16.3 Å². The van der Waals surface area contributed by atoms with Crippen LogP contribution in [0.4, 0.5) is 0 Å². The number of hydrogen-bond acceptors (Lipinski definition) is 5. The molecular weight excluding hydrogens is 290 g/mol. The molecule has 0 aliphatic heterocycles. The van der Waals surface area contributed by atoms with Crippen molar-refractivity contribution < 1.29 is 18.3 Å². The van der Waals surface area contributed by atoms with Crippen molar-refractivity contribution in [3.63, 3.8) is 0 Å². The molecule has 19 heavy (non-hydrogen) atoms. The SMILES string of the molecule is Cc1csc(C(=O)O)c1S(=O)(=O)NCc1ncc[nH]1. The molecule has 2 heterocycles. The topological polar surface area (TPSA) is 112 Å². The molecule has 2 aromatic heterocycles. The first-order chi connectivity index (χ1) is 8.92. The minimum atomic E-state index is -3.88. The lowest BCUT2D eigenvalue weighted by Gasteiger charge is -2.06. The number of carboxylic acid groups (broad SMARTS) is 1. The van der Waals surface area contributed by atoms with Gasteiger partial charge < -0.3 is 10.1 Å². The van der Waals surface area contributed by atoms with Crippen molar-refractivity contribution in [3.05, 3.63) is 34.0 Å². The maximum Gasteiger partial charge on any atom is 0.347 e. The van der Waals surface area contributed by atoms with Crippen LogP contribution in [-0.4, -0.2) is 29.5 Å². The van der Waals surface area contributed by atoms with E-state index >= 15 is 0 Å². The number of nitrogens with zero attached hydrogens (tertiary/aromatic N) is 1. The number of H-pyrrole nitrogens is 1. The van der Waals surface area contributed by atoms with E-state index in [4.69, 9.17) is 5.11 Å². The van der Waals surface area contributed by atoms with Crippen LogP contribution in [0.1, 0.15) is 21.1 Å². The Kier molecular flexibility index (Phi) is 3.69. The zero-order valence-electron chi connectivity index (χ0n) is 9.87. The van der Waals surface area contributed by atoms with Crippen LogP contribution in [0.25, 0.3) is 0 Å². The number of aromatic nitrogens is 2. The first kappa shape index (κ1) is 13.7. The minimum Gasteiger partial charge on any atom is -0.477 e. The third-order valence-electron chi connectivity index (χ3n) is 2.37. The van der Waals surface area contributed by atoms with Crippen LogP contribution in [0.15, 0.2) is 22.7 Å². The molecule has 0 fully saturated rings. The molecule has 0 aliphatic carbocycles. The predicted molar refractivity (Wildman–Crippen MR) is 68.6 cm³/mol. The first-order valence-electron chi connectivity index (χ1n) is 5.21. The fraction of sp³-hybridized carbons (Fsp3) is 0.200. The zero-order valence-corrected chi connectivity index (χ0v) is 11.5. The molecule has 0 atom stereocenters. The van der Waals surface area contributed by atoms with Crippen molar-refractivity contribution in [3.8, 4) is 0 Å². The van der Waals surface area contributed by atoms with Gasteiger partial charge >= 0.3 is 5.97 Å². The molecule has 7 nitrogen and oxygen atoms in total. The number of sulfonamides is 1. The number of aromatic amines is 1. The number of nitrogens with one attached hydrogen (secondary N) is 2. The molecule has 3 N–H and O–H groups in total. The average molecular weight is 301 g/mol. The van der Waals surface area contributed by atoms with Gasteiger partial charge in [-0.1, -0.05) is 0 Å². The molecule has 0 amide bonds. The number of aryl methyl sites for hydroxylation is 1. The number of hydrogen-bond donors (Lipinski definition) is 3. The van der Waals surface area contributed by atoms with Crippen LogP contribution in [0.2, 0.25) is 0 Å². The molecule has 9 heteroatoms. The molecule has 0 bridgehead atoms. The van der Waals surface area contributed by atoms with Crippen LogP contribution < -0.4 is 4.72 Å². The van der Waals surface area contributed by atoms with E-state index in [1.54, 1.807) is 13.1 Å². The smallest absolute Gasteiger partial charge is 0.347 e. The highest BCUT2D eigenvalue weighted by atomic mass is 32.2. The number of aromatic carboxylic acids is 1. The summed E-state index contributed by atoms with van der Waals surface area (Å²) in [6.07, 6.45) is 3.07. The Morgan fingerprint density at radius 2 is 2.32 bits per heavy atom. The van der Waals surface area contributed by atoms with Gasteiger partial charge in [0.1, 0.15) is 15.6 Å². The summed E-state index contributed by atoms with van der Waals surface area (Å²) in [7, 11) is -3.88. The van der Waals surface area contributed by atoms with Crippen LogP contribution in [0.3, 0.4) is 0 Å². The Balaban J connectivity index is 2.29. The van der Waals surface area contributed by atoms with Gasteiger partial charge in [0.05, 0.1) is 6.54 Å². The van der Waals surface area contributed by atoms with Gasteiger partial charge in [-0.15, -0.1) is 11.3 Å². The summed E-state index contributed by atoms with van der Waals surface area (Å²) in [5.41, 5.74) is 0.411. The standard InChI is InChI=1S/C10H11N3O4S2/c1-6-5-18-8(10(14)15)9(6)19(16,17)13-4-7-11-2-3-12-7/h2-3,5,13H,4H2,1H3,(H,11,12)(H,14,15). The van der Waals surface area contributed by atoms with Gasteiger partial charge in [-0.2, -0.15) is 0 Å². The third-order valence-corrected chi connectivity index (χ3v) is 5.17. The zero-order chi connectivity index (χ0) is 14.0. The van der Waals surface area contributed by atoms with E-state index in [9.17, 15) is 13.2 Å². The van der Waals surface area contributed by atoms with E-state index in [1.165, 1.54) is 11.6 Å². The van der Waals surface area contributed by atoms with E-state index in [1.807, 2.05) is 0 Å². The maximum atomic E-state index is 12.1. The first-order valence-corrected chi connectivity index (χ1v) is 7.57. The van der Waals surface area contributed by atoms with Gasteiger partial charge in [0.25, 0.3) is 0 Å². The summed E-state index contributed by atoms with van der Waals surface area (Å²) in [6.45, 7) is 1.54. The Hall–Kier alpha value is -1.71. The van der Waals surface area contributed by atoms with Gasteiger partial charge in [-0.25, -0.2) is 22.9 Å². The molecule has 0 aliphatic rings. The van der Waals surface area contributed by atoms with Crippen molar-refractivity contribution in [1.82, 2.24) is 14.7 Å². The van der Waals surface area contributed by atoms with Gasteiger partial charge in [0.15, 0.2) is 0 Å². The lowest BCUT2D eigenvalue weighted by molar-refractivity contribution is 0.0698. The van der Waals surface area contributed by atoms with E-state index in [0.717, 1.165) is 11.3 Å². The van der Waals surface area contributed by atoms with Crippen LogP contribution in [-0.2, 0) is 16.6 Å². The molecule has 0 spiro atoms. The summed E-state index contributed by atoms with van der Waals surface area (Å²) in [5, 5.41) is 10.5. The quantitative estimate of drug-likeness (QED) is 0.761. The molecule has 2 rings (SSSR count). The minimum absolute atomic E-state index is 0.0241. The molecular formula is C10H11N3O4S2. The second-order valence-electron chi connectivity index (χ2n) is 3.74. The molecule has 0 unspecified atom stereocenters. The average Bonchev–Trinajstić information content (AvgIpc) is 2.95. The van der Waals surface area contributed by atoms with Crippen molar-refractivity contribution in [1.29, 1.82) is 0 Å². The maximum absolute atomic E-state index is 12.1. The summed E-state index contributed by atoms with van der Waals surface area (Å²) >= 11 is 0.892. The van der Waals surface area contributed by atoms with E-state index < -0.39 is 16.0 Å². The highest BCUT2D eigenvalue weighted by Gasteiger charge is 2.26. The molecule has 0 saturated carbocycles. The fourth-order valence-electron chi connectivity index (χ4n) is 1.55. The Morgan fingerprint density at radius 1 is 1.58 bits per heavy atom. The Bertz CT molecular complexity index is 688. The lowest BCUT2D eigenvalue weighted by atomic mass is 10.3. The van der Waals surface area contributed by atoms with Crippen LogP contribution in [0, 0.1) is 6.92 Å². The molecule has 2 aromatic rings. The Morgan fingerprint density at radius 3 is 2.89 bits per heavy atom. The van der Waals surface area contributed by atoms with E-state index in [2.05, 4.69) is 14.7 Å². The summed E-state index contributed by atoms with van der Waals surface area (Å²) in [5.74, 6) is -0.801. The normalized spacial score (nSPS) is 11.6. The van der Waals surface area contributed by atoms with Crippen molar-refractivity contribution >= 4 is 27.3 Å². The van der Waals surface area contributed by atoms with E-state index in [0.29, 0.717) is 11.4 Å². The lowest BCUT2D eigenvalue weighted by Crippen LogP contribution is -2.25. The number of rotatable bonds is 5. The van der Waals surface area contributed by atoms with Crippen molar-refractivity contribution in [2.45, 2.75) is 18.4 Å². The number of carbonyl (C=O) groups is 1. The molecule has 102 valence electrons.